The fourth-order valence-corrected chi connectivity index (χ4v) is 8.29. The monoisotopic (exact) mass is 694 g/mol. The van der Waals surface area contributed by atoms with E-state index in [1.54, 1.807) is 60.7 Å². The molecule has 44 heavy (non-hydrogen) atoms. The van der Waals surface area contributed by atoms with Crippen molar-refractivity contribution < 1.29 is 29.0 Å². The van der Waals surface area contributed by atoms with Gasteiger partial charge in [0.2, 0.25) is 23.6 Å². The molecule has 0 bridgehead atoms. The van der Waals surface area contributed by atoms with E-state index in [1.807, 2.05) is 6.08 Å². The maximum absolute atomic E-state index is 14.2. The van der Waals surface area contributed by atoms with Crippen LogP contribution in [0.5, 0.6) is 11.5 Å². The Balaban J connectivity index is 1.35. The average molecular weight is 696 g/mol. The Hall–Kier alpha value is -3.66. The molecule has 2 aliphatic carbocycles. The molecule has 1 N–H and O–H groups in total. The number of carbonyl (C=O) groups excluding carboxylic acids is 4. The smallest absolute Gasteiger partial charge is 0.238 e. The molecule has 224 valence electrons. The minimum atomic E-state index is -0.766. The topological polar surface area (TPSA) is 104 Å². The molecular formula is C33H25BrCl2N2O6. The lowest BCUT2D eigenvalue weighted by atomic mass is 9.57. The van der Waals surface area contributed by atoms with Crippen LogP contribution in [-0.4, -0.2) is 35.8 Å². The van der Waals surface area contributed by atoms with Crippen LogP contribution in [0.2, 0.25) is 10.0 Å². The molecule has 7 rings (SSSR count). The number of phenolic OH excluding ortho intramolecular Hbond substituents is 1. The van der Waals surface area contributed by atoms with Crippen LogP contribution in [0.4, 0.5) is 11.4 Å². The van der Waals surface area contributed by atoms with Gasteiger partial charge in [0, 0.05) is 16.0 Å². The van der Waals surface area contributed by atoms with E-state index >= 15 is 0 Å². The second kappa shape index (κ2) is 10.8. The number of methoxy groups -OCH3 is 1. The van der Waals surface area contributed by atoms with Gasteiger partial charge in [-0.25, -0.2) is 0 Å². The summed E-state index contributed by atoms with van der Waals surface area (Å²) in [5.74, 6) is -5.08. The third-order valence-corrected chi connectivity index (χ3v) is 10.6. The first-order valence-corrected chi connectivity index (χ1v) is 15.7. The Morgan fingerprint density at radius 2 is 1.32 bits per heavy atom. The van der Waals surface area contributed by atoms with Crippen LogP contribution in [0.1, 0.15) is 24.3 Å². The number of hydrogen-bond acceptors (Lipinski definition) is 6. The zero-order chi connectivity index (χ0) is 31.0. The number of amides is 4. The fraction of sp³-hybridized carbons (Fsp3) is 0.273. The summed E-state index contributed by atoms with van der Waals surface area (Å²) in [6, 6.07) is 16.5. The van der Waals surface area contributed by atoms with Crippen molar-refractivity contribution in [2.75, 3.05) is 16.9 Å². The number of carbonyl (C=O) groups is 4. The van der Waals surface area contributed by atoms with E-state index in [4.69, 9.17) is 27.9 Å². The molecule has 4 aliphatic rings. The molecule has 0 radical (unpaired) electrons. The summed E-state index contributed by atoms with van der Waals surface area (Å²) >= 11 is 15.6. The van der Waals surface area contributed by atoms with Crippen molar-refractivity contribution in [1.29, 1.82) is 0 Å². The third-order valence-electron chi connectivity index (χ3n) is 9.45. The number of benzene rings is 3. The Bertz CT molecular complexity index is 1780. The van der Waals surface area contributed by atoms with Crippen LogP contribution in [0, 0.1) is 29.6 Å². The molecule has 0 unspecified atom stereocenters. The number of hydrogen-bond donors (Lipinski definition) is 1. The van der Waals surface area contributed by atoms with Crippen LogP contribution >= 0.6 is 39.1 Å². The lowest BCUT2D eigenvalue weighted by Gasteiger charge is -2.44. The van der Waals surface area contributed by atoms with Crippen LogP contribution in [0.15, 0.2) is 76.8 Å². The second-order valence-electron chi connectivity index (χ2n) is 11.6. The molecule has 6 atom stereocenters. The standard InChI is InChI=1S/C33H25BrCl2N2O6/c1-44-25-13-15(12-24(34)29(25)39)26-20-10-11-21-27(32(42)37(30(21)40)18-6-2-16(35)3-7-18)22(20)14-23-28(26)33(43)38(31(23)41)19-8-4-17(36)5-9-19/h2-10,12-13,21-23,26-28,39H,11,14H2,1H3/t21-,22+,23+,26-,27-,28+/m0/s1. The van der Waals surface area contributed by atoms with Crippen molar-refractivity contribution >= 4 is 74.1 Å². The molecular weight excluding hydrogens is 671 g/mol. The lowest BCUT2D eigenvalue weighted by molar-refractivity contribution is -0.126. The number of fused-ring (bicyclic) bond motifs is 4. The molecule has 4 amide bonds. The minimum Gasteiger partial charge on any atom is -0.503 e. The van der Waals surface area contributed by atoms with Gasteiger partial charge in [-0.05, 0) is 101 Å². The van der Waals surface area contributed by atoms with Gasteiger partial charge >= 0.3 is 0 Å². The number of rotatable bonds is 4. The normalized spacial score (nSPS) is 27.7. The molecule has 1 saturated carbocycles. The second-order valence-corrected chi connectivity index (χ2v) is 13.3. The largest absolute Gasteiger partial charge is 0.503 e. The van der Waals surface area contributed by atoms with E-state index in [0.29, 0.717) is 37.9 Å². The van der Waals surface area contributed by atoms with Crippen LogP contribution in [-0.2, 0) is 19.2 Å². The van der Waals surface area contributed by atoms with Gasteiger partial charge in [0.15, 0.2) is 11.5 Å². The number of ether oxygens (including phenoxy) is 1. The maximum Gasteiger partial charge on any atom is 0.238 e. The van der Waals surface area contributed by atoms with Crippen molar-refractivity contribution in [2.24, 2.45) is 29.6 Å². The number of nitrogens with zero attached hydrogens (tertiary/aromatic N) is 2. The molecule has 11 heteroatoms. The maximum atomic E-state index is 14.2. The first-order chi connectivity index (χ1) is 21.1. The summed E-state index contributed by atoms with van der Waals surface area (Å²) < 4.78 is 5.80. The van der Waals surface area contributed by atoms with E-state index in [0.717, 1.165) is 5.57 Å². The zero-order valence-electron chi connectivity index (χ0n) is 23.2. The van der Waals surface area contributed by atoms with Crippen molar-refractivity contribution in [1.82, 2.24) is 0 Å². The summed E-state index contributed by atoms with van der Waals surface area (Å²) in [5, 5.41) is 11.5. The highest BCUT2D eigenvalue weighted by Gasteiger charge is 2.62. The third kappa shape index (κ3) is 4.31. The Morgan fingerprint density at radius 1 is 0.773 bits per heavy atom. The quantitative estimate of drug-likeness (QED) is 0.246. The van der Waals surface area contributed by atoms with Gasteiger partial charge in [-0.3, -0.25) is 29.0 Å². The van der Waals surface area contributed by atoms with Gasteiger partial charge in [-0.2, -0.15) is 0 Å². The lowest BCUT2D eigenvalue weighted by Crippen LogP contribution is -2.43. The predicted molar refractivity (Wildman–Crippen MR) is 168 cm³/mol. The van der Waals surface area contributed by atoms with Gasteiger partial charge in [0.25, 0.3) is 0 Å². The van der Waals surface area contributed by atoms with Crippen LogP contribution in [0.25, 0.3) is 0 Å². The fourth-order valence-electron chi connectivity index (χ4n) is 7.58. The Labute approximate surface area is 271 Å². The van der Waals surface area contributed by atoms with Gasteiger partial charge in [-0.1, -0.05) is 34.9 Å². The van der Waals surface area contributed by atoms with Crippen molar-refractivity contribution in [2.45, 2.75) is 18.8 Å². The van der Waals surface area contributed by atoms with E-state index < -0.39 is 35.5 Å². The number of aromatic hydroxyl groups is 1. The molecule has 8 nitrogen and oxygen atoms in total. The van der Waals surface area contributed by atoms with Gasteiger partial charge < -0.3 is 9.84 Å². The van der Waals surface area contributed by atoms with Crippen LogP contribution < -0.4 is 14.5 Å². The van der Waals surface area contributed by atoms with E-state index in [2.05, 4.69) is 15.9 Å². The van der Waals surface area contributed by atoms with Gasteiger partial charge in [-0.15, -0.1) is 0 Å². The molecule has 0 spiro atoms. The molecule has 3 fully saturated rings. The van der Waals surface area contributed by atoms with E-state index in [-0.39, 0.29) is 41.5 Å². The Morgan fingerprint density at radius 3 is 1.89 bits per heavy atom. The molecule has 0 aromatic heterocycles. The number of phenols is 1. The summed E-state index contributed by atoms with van der Waals surface area (Å²) in [6.45, 7) is 0. The predicted octanol–water partition coefficient (Wildman–Crippen LogP) is 6.52. The van der Waals surface area contributed by atoms with Crippen molar-refractivity contribution in [3.05, 3.63) is 92.4 Å². The van der Waals surface area contributed by atoms with E-state index in [9.17, 15) is 24.3 Å². The average Bonchev–Trinajstić information content (AvgIpc) is 3.42. The van der Waals surface area contributed by atoms with Crippen molar-refractivity contribution in [3.8, 4) is 11.5 Å². The highest BCUT2D eigenvalue weighted by molar-refractivity contribution is 9.10. The summed E-state index contributed by atoms with van der Waals surface area (Å²) in [5.41, 5.74) is 2.35. The highest BCUT2D eigenvalue weighted by Crippen LogP contribution is 2.59. The minimum absolute atomic E-state index is 0.0929. The summed E-state index contributed by atoms with van der Waals surface area (Å²) in [6.07, 6.45) is 2.53. The number of anilines is 2. The van der Waals surface area contributed by atoms with E-state index in [1.165, 1.54) is 16.9 Å². The first kappa shape index (κ1) is 29.1. The SMILES string of the molecule is COc1cc([C@H]2C3=CC[C@@H]4C(=O)N(c5ccc(Cl)cc5)C(=O)[C@@H]4[C@@H]3C[C@H]3C(=O)N(c4ccc(Cl)cc4)C(=O)[C@@H]23)cc(Br)c1O. The Kier molecular flexibility index (Phi) is 7.10. The number of imide groups is 2. The van der Waals surface area contributed by atoms with Crippen molar-refractivity contribution in [3.63, 3.8) is 0 Å². The number of halogens is 3. The molecule has 2 aliphatic heterocycles. The van der Waals surface area contributed by atoms with Crippen LogP contribution in [0.3, 0.4) is 0 Å². The summed E-state index contributed by atoms with van der Waals surface area (Å²) in [4.78, 5) is 58.5. The molecule has 2 heterocycles. The number of allylic oxidation sites excluding steroid dienone is 2. The molecule has 3 aromatic rings. The molecule has 2 saturated heterocycles. The molecule has 3 aromatic carbocycles. The first-order valence-electron chi connectivity index (χ1n) is 14.1. The van der Waals surface area contributed by atoms with Gasteiger partial charge in [0.1, 0.15) is 0 Å². The summed E-state index contributed by atoms with van der Waals surface area (Å²) in [7, 11) is 1.43. The van der Waals surface area contributed by atoms with Gasteiger partial charge in [0.05, 0.1) is 46.6 Å². The zero-order valence-corrected chi connectivity index (χ0v) is 26.3. The highest BCUT2D eigenvalue weighted by atomic mass is 79.9.